The van der Waals surface area contributed by atoms with Crippen molar-refractivity contribution in [1.82, 2.24) is 5.32 Å². The molecule has 3 unspecified atom stereocenters. The van der Waals surface area contributed by atoms with Crippen molar-refractivity contribution >= 4 is 11.7 Å². The summed E-state index contributed by atoms with van der Waals surface area (Å²) in [6.07, 6.45) is 3.46. The van der Waals surface area contributed by atoms with Gasteiger partial charge in [0.15, 0.2) is 5.78 Å². The van der Waals surface area contributed by atoms with Gasteiger partial charge in [-0.15, -0.1) is 0 Å². The van der Waals surface area contributed by atoms with Gasteiger partial charge in [-0.25, -0.2) is 0 Å². The highest BCUT2D eigenvalue weighted by Crippen LogP contribution is 2.43. The molecule has 1 heterocycles. The van der Waals surface area contributed by atoms with Crippen LogP contribution in [0.2, 0.25) is 0 Å². The van der Waals surface area contributed by atoms with Crippen molar-refractivity contribution in [3.63, 3.8) is 0 Å². The third-order valence-electron chi connectivity index (χ3n) is 6.56. The minimum Gasteiger partial charge on any atom is -0.494 e. The topological polar surface area (TPSA) is 64.6 Å². The molecule has 2 aromatic rings. The Kier molecular flexibility index (Phi) is 7.17. The molecule has 4 rings (SSSR count). The van der Waals surface area contributed by atoms with Gasteiger partial charge in [-0.2, -0.15) is 0 Å². The second kappa shape index (κ2) is 10.2. The van der Waals surface area contributed by atoms with Crippen LogP contribution in [0.3, 0.4) is 0 Å². The van der Waals surface area contributed by atoms with Crippen molar-refractivity contribution in [2.45, 2.75) is 70.8 Å². The van der Waals surface area contributed by atoms with Crippen LogP contribution in [0.15, 0.2) is 59.8 Å². The Balaban J connectivity index is 1.55. The molecule has 0 spiro atoms. The van der Waals surface area contributed by atoms with Crippen molar-refractivity contribution in [3.8, 4) is 11.5 Å². The smallest absolute Gasteiger partial charge is 0.225 e. The largest absolute Gasteiger partial charge is 0.494 e. The van der Waals surface area contributed by atoms with E-state index in [-0.39, 0.29) is 29.6 Å². The first-order valence-corrected chi connectivity index (χ1v) is 12.0. The number of nitrogens with one attached hydrogen (secondary N) is 1. The van der Waals surface area contributed by atoms with Gasteiger partial charge in [0.05, 0.1) is 12.7 Å². The van der Waals surface area contributed by atoms with Gasteiger partial charge in [-0.1, -0.05) is 38.1 Å². The number of carbonyl (C=O) groups is 2. The quantitative estimate of drug-likeness (QED) is 0.567. The highest BCUT2D eigenvalue weighted by Gasteiger charge is 2.38. The maximum absolute atomic E-state index is 13.3. The number of carbonyl (C=O) groups excluding carboxylic acids is 2. The number of rotatable bonds is 8. The van der Waals surface area contributed by atoms with Crippen molar-refractivity contribution in [2.24, 2.45) is 0 Å². The Morgan fingerprint density at radius 2 is 1.58 bits per heavy atom. The molecule has 2 aliphatic rings. The number of hydrogen-bond donors (Lipinski definition) is 1. The molecule has 1 N–H and O–H groups in total. The Labute approximate surface area is 196 Å². The molecule has 1 amide bonds. The van der Waals surface area contributed by atoms with E-state index in [2.05, 4.69) is 19.2 Å². The average molecular weight is 448 g/mol. The molecule has 3 atom stereocenters. The van der Waals surface area contributed by atoms with E-state index in [1.54, 1.807) is 0 Å². The van der Waals surface area contributed by atoms with Gasteiger partial charge in [0.2, 0.25) is 5.91 Å². The molecule has 5 nitrogen and oxygen atoms in total. The van der Waals surface area contributed by atoms with Crippen LogP contribution >= 0.6 is 0 Å². The summed E-state index contributed by atoms with van der Waals surface area (Å²) in [5.41, 5.74) is 3.63. The van der Waals surface area contributed by atoms with Crippen LogP contribution in [-0.4, -0.2) is 24.4 Å². The van der Waals surface area contributed by atoms with Crippen molar-refractivity contribution in [1.29, 1.82) is 0 Å². The fourth-order valence-corrected chi connectivity index (χ4v) is 4.63. The summed E-state index contributed by atoms with van der Waals surface area (Å²) < 4.78 is 11.6. The molecule has 2 aromatic carbocycles. The normalized spacial score (nSPS) is 21.3. The zero-order valence-electron chi connectivity index (χ0n) is 19.7. The van der Waals surface area contributed by atoms with Crippen LogP contribution in [0.5, 0.6) is 11.5 Å². The number of benzene rings is 2. The van der Waals surface area contributed by atoms with E-state index in [1.807, 2.05) is 55.5 Å². The summed E-state index contributed by atoms with van der Waals surface area (Å²) in [5.74, 6) is 1.60. The lowest BCUT2D eigenvalue weighted by Gasteiger charge is -2.34. The number of ether oxygens (including phenoxy) is 2. The van der Waals surface area contributed by atoms with Crippen LogP contribution in [0.1, 0.15) is 75.8 Å². The fraction of sp³-hybridized carbons (Fsp3) is 0.429. The van der Waals surface area contributed by atoms with Gasteiger partial charge in [0, 0.05) is 30.0 Å². The van der Waals surface area contributed by atoms with Gasteiger partial charge >= 0.3 is 0 Å². The maximum Gasteiger partial charge on any atom is 0.225 e. The molecule has 5 heteroatoms. The van der Waals surface area contributed by atoms with Gasteiger partial charge in [-0.05, 0) is 67.5 Å². The number of allylic oxidation sites excluding steroid dienone is 2. The predicted octanol–water partition coefficient (Wildman–Crippen LogP) is 5.66. The zero-order valence-corrected chi connectivity index (χ0v) is 19.7. The number of Topliss-reactive ketones (excluding diaryl/α,β-unsaturated/α-hetero) is 1. The molecular formula is C28H33NO4. The Morgan fingerprint density at radius 3 is 2.24 bits per heavy atom. The highest BCUT2D eigenvalue weighted by atomic mass is 16.5. The van der Waals surface area contributed by atoms with Crippen LogP contribution in [-0.2, 0) is 9.59 Å². The fourth-order valence-electron chi connectivity index (χ4n) is 4.63. The van der Waals surface area contributed by atoms with Crippen molar-refractivity contribution < 1.29 is 19.1 Å². The minimum atomic E-state index is -0.204. The van der Waals surface area contributed by atoms with Crippen molar-refractivity contribution in [2.75, 3.05) is 6.61 Å². The van der Waals surface area contributed by atoms with Crippen LogP contribution in [0, 0.1) is 0 Å². The van der Waals surface area contributed by atoms with E-state index in [4.69, 9.17) is 9.47 Å². The van der Waals surface area contributed by atoms with Crippen LogP contribution < -0.4 is 14.8 Å². The average Bonchev–Trinajstić information content (AvgIpc) is 2.82. The van der Waals surface area contributed by atoms with Crippen LogP contribution in [0.25, 0.3) is 0 Å². The first-order valence-electron chi connectivity index (χ1n) is 12.0. The van der Waals surface area contributed by atoms with E-state index in [0.717, 1.165) is 46.7 Å². The molecule has 1 aliphatic heterocycles. The highest BCUT2D eigenvalue weighted by molar-refractivity contribution is 6.02. The maximum atomic E-state index is 13.3. The van der Waals surface area contributed by atoms with E-state index in [0.29, 0.717) is 25.9 Å². The SMILES string of the molecule is CCCOc1ccc(C2CC(=O)C3=C(C2)NC(=O)CC3c2ccc(OC(C)CC)cc2)cc1. The van der Waals surface area contributed by atoms with E-state index < -0.39 is 0 Å². The third-order valence-corrected chi connectivity index (χ3v) is 6.56. The van der Waals surface area contributed by atoms with Gasteiger partial charge in [0.25, 0.3) is 0 Å². The number of hydrogen-bond acceptors (Lipinski definition) is 4. The Hall–Kier alpha value is -3.08. The molecular weight excluding hydrogens is 414 g/mol. The van der Waals surface area contributed by atoms with Gasteiger partial charge in [-0.3, -0.25) is 9.59 Å². The molecule has 174 valence electrons. The van der Waals surface area contributed by atoms with Crippen molar-refractivity contribution in [3.05, 3.63) is 70.9 Å². The molecule has 0 fully saturated rings. The lowest BCUT2D eigenvalue weighted by atomic mass is 9.73. The third kappa shape index (κ3) is 5.29. The lowest BCUT2D eigenvalue weighted by Crippen LogP contribution is -2.38. The number of amides is 1. The molecule has 1 aliphatic carbocycles. The van der Waals surface area contributed by atoms with Crippen LogP contribution in [0.4, 0.5) is 0 Å². The van der Waals surface area contributed by atoms with E-state index >= 15 is 0 Å². The first kappa shape index (κ1) is 23.1. The summed E-state index contributed by atoms with van der Waals surface area (Å²) in [7, 11) is 0. The van der Waals surface area contributed by atoms with Gasteiger partial charge in [0.1, 0.15) is 11.5 Å². The monoisotopic (exact) mass is 447 g/mol. The summed E-state index contributed by atoms with van der Waals surface area (Å²) >= 11 is 0. The molecule has 0 saturated carbocycles. The predicted molar refractivity (Wildman–Crippen MR) is 129 cm³/mol. The second-order valence-corrected chi connectivity index (χ2v) is 9.05. The zero-order chi connectivity index (χ0) is 23.4. The van der Waals surface area contributed by atoms with E-state index in [1.165, 1.54) is 0 Å². The van der Waals surface area contributed by atoms with E-state index in [9.17, 15) is 9.59 Å². The Morgan fingerprint density at radius 1 is 0.909 bits per heavy atom. The minimum absolute atomic E-state index is 0.0320. The molecule has 0 bridgehead atoms. The molecule has 0 aromatic heterocycles. The van der Waals surface area contributed by atoms with Gasteiger partial charge < -0.3 is 14.8 Å². The lowest BCUT2D eigenvalue weighted by molar-refractivity contribution is -0.122. The summed E-state index contributed by atoms with van der Waals surface area (Å²) in [6.45, 7) is 6.90. The summed E-state index contributed by atoms with van der Waals surface area (Å²) in [5, 5.41) is 3.00. The molecule has 0 radical (unpaired) electrons. The molecule has 0 saturated heterocycles. The Bertz CT molecular complexity index is 1020. The number of ketones is 1. The first-order chi connectivity index (χ1) is 16.0. The molecule has 33 heavy (non-hydrogen) atoms. The summed E-state index contributed by atoms with van der Waals surface area (Å²) in [4.78, 5) is 25.9. The standard InChI is InChI=1S/C28H33NO4/c1-4-14-32-22-10-6-19(7-11-22)21-15-25-28(26(30)16-21)24(17-27(31)29-25)20-8-12-23(13-9-20)33-18(3)5-2/h6-13,18,21,24H,4-5,14-17H2,1-3H3,(H,29,31). The summed E-state index contributed by atoms with van der Waals surface area (Å²) in [6, 6.07) is 15.8. The second-order valence-electron chi connectivity index (χ2n) is 9.05.